The van der Waals surface area contributed by atoms with Gasteiger partial charge in [0.1, 0.15) is 6.23 Å². The normalized spacial score (nSPS) is 23.0. The summed E-state index contributed by atoms with van der Waals surface area (Å²) in [5.41, 5.74) is 0.956. The number of nitrogens with zero attached hydrogens (tertiary/aromatic N) is 1. The Labute approximate surface area is 164 Å². The Morgan fingerprint density at radius 2 is 2.07 bits per heavy atom. The Morgan fingerprint density at radius 1 is 1.32 bits per heavy atom. The smallest absolute Gasteiger partial charge is 0.330 e. The number of benzene rings is 1. The number of ether oxygens (including phenoxy) is 1. The Morgan fingerprint density at radius 3 is 2.79 bits per heavy atom. The Kier molecular flexibility index (Phi) is 6.83. The van der Waals surface area contributed by atoms with E-state index in [0.717, 1.165) is 13.0 Å². The van der Waals surface area contributed by atoms with Crippen molar-refractivity contribution in [2.24, 2.45) is 0 Å². The molecule has 7 nitrogen and oxygen atoms in total. The van der Waals surface area contributed by atoms with Gasteiger partial charge in [-0.3, -0.25) is 14.3 Å². The molecular weight excluding hydrogens is 358 g/mol. The lowest BCUT2D eigenvalue weighted by Crippen LogP contribution is -2.35. The van der Waals surface area contributed by atoms with Crippen LogP contribution < -0.4 is 16.6 Å². The van der Waals surface area contributed by atoms with Gasteiger partial charge in [-0.15, -0.1) is 0 Å². The molecule has 4 atom stereocenters. The predicted octanol–water partition coefficient (Wildman–Crippen LogP) is 1.53. The lowest BCUT2D eigenvalue weighted by Gasteiger charge is -2.18. The molecular formula is C21H29N3O4. The summed E-state index contributed by atoms with van der Waals surface area (Å²) in [4.78, 5) is 26.2. The van der Waals surface area contributed by atoms with Gasteiger partial charge in [0.25, 0.3) is 5.56 Å². The van der Waals surface area contributed by atoms with Gasteiger partial charge in [0.05, 0.1) is 12.2 Å². The van der Waals surface area contributed by atoms with Gasteiger partial charge in [-0.2, -0.15) is 0 Å². The molecule has 2 aromatic rings. The Balaban J connectivity index is 1.52. The van der Waals surface area contributed by atoms with Gasteiger partial charge in [0, 0.05) is 24.7 Å². The van der Waals surface area contributed by atoms with Crippen LogP contribution in [0.15, 0.2) is 46.1 Å². The van der Waals surface area contributed by atoms with E-state index >= 15 is 0 Å². The highest BCUT2D eigenvalue weighted by Gasteiger charge is 2.35. The van der Waals surface area contributed by atoms with Gasteiger partial charge in [-0.25, -0.2) is 4.79 Å². The van der Waals surface area contributed by atoms with Crippen molar-refractivity contribution in [2.45, 2.75) is 57.5 Å². The first-order valence-corrected chi connectivity index (χ1v) is 9.93. The number of aliphatic hydroxyl groups excluding tert-OH is 1. The van der Waals surface area contributed by atoms with Crippen LogP contribution in [-0.2, 0) is 11.2 Å². The highest BCUT2D eigenvalue weighted by Crippen LogP contribution is 2.27. The van der Waals surface area contributed by atoms with E-state index in [1.807, 2.05) is 25.1 Å². The molecule has 2 unspecified atom stereocenters. The third kappa shape index (κ3) is 4.79. The molecule has 2 heterocycles. The number of rotatable bonds is 8. The quantitative estimate of drug-likeness (QED) is 0.597. The van der Waals surface area contributed by atoms with E-state index in [2.05, 4.69) is 29.4 Å². The summed E-state index contributed by atoms with van der Waals surface area (Å²) in [6.45, 7) is 5.37. The maximum atomic E-state index is 12.1. The maximum Gasteiger partial charge on any atom is 0.330 e. The van der Waals surface area contributed by atoms with E-state index in [1.165, 1.54) is 16.3 Å². The van der Waals surface area contributed by atoms with Crippen LogP contribution in [0.2, 0.25) is 0 Å². The van der Waals surface area contributed by atoms with Crippen molar-refractivity contribution in [3.05, 3.63) is 68.5 Å². The summed E-state index contributed by atoms with van der Waals surface area (Å²) < 4.78 is 7.28. The van der Waals surface area contributed by atoms with Gasteiger partial charge >= 0.3 is 5.69 Å². The average molecular weight is 387 g/mol. The molecule has 0 bridgehead atoms. The van der Waals surface area contributed by atoms with Crippen LogP contribution in [0.5, 0.6) is 0 Å². The van der Waals surface area contributed by atoms with Crippen LogP contribution in [0.4, 0.5) is 0 Å². The predicted molar refractivity (Wildman–Crippen MR) is 108 cm³/mol. The van der Waals surface area contributed by atoms with Gasteiger partial charge < -0.3 is 15.2 Å². The van der Waals surface area contributed by atoms with Crippen molar-refractivity contribution in [1.82, 2.24) is 14.9 Å². The molecule has 7 heteroatoms. The summed E-state index contributed by atoms with van der Waals surface area (Å²) in [7, 11) is 0. The molecule has 1 saturated heterocycles. The number of hydrogen-bond donors (Lipinski definition) is 3. The number of aryl methyl sites for hydroxylation is 1. The summed E-state index contributed by atoms with van der Waals surface area (Å²) in [5.74, 6) is 0.447. The van der Waals surface area contributed by atoms with Crippen molar-refractivity contribution < 1.29 is 9.84 Å². The third-order valence-corrected chi connectivity index (χ3v) is 5.41. The lowest BCUT2D eigenvalue weighted by molar-refractivity contribution is -0.0192. The molecule has 1 aromatic heterocycles. The van der Waals surface area contributed by atoms with E-state index in [0.29, 0.717) is 30.9 Å². The van der Waals surface area contributed by atoms with E-state index in [9.17, 15) is 14.7 Å². The first kappa shape index (κ1) is 20.5. The molecule has 0 saturated carbocycles. The first-order valence-electron chi connectivity index (χ1n) is 9.93. The highest BCUT2D eigenvalue weighted by molar-refractivity contribution is 5.18. The molecule has 0 amide bonds. The molecule has 3 N–H and O–H groups in total. The minimum atomic E-state index is -0.659. The maximum absolute atomic E-state index is 12.1. The van der Waals surface area contributed by atoms with Crippen LogP contribution >= 0.6 is 0 Å². The minimum absolute atomic E-state index is 0.321. The standard InChI is InChI=1S/C21H29N3O4/c1-3-15-13-24(21(27)23-20(15)26)19-11-17(25)18(28-19)12-22-10-9-14(2)16-7-5-4-6-8-16/h4-8,13-14,17-19,22,25H,3,9-12H2,1-2H3,(H,23,26,27)/t14?,17?,18-,19-/m0/s1. The van der Waals surface area contributed by atoms with Gasteiger partial charge in [0.2, 0.25) is 0 Å². The molecule has 1 aliphatic heterocycles. The molecule has 0 aliphatic carbocycles. The fraction of sp³-hybridized carbons (Fsp3) is 0.524. The van der Waals surface area contributed by atoms with Crippen molar-refractivity contribution >= 4 is 0 Å². The molecule has 0 radical (unpaired) electrons. The zero-order valence-electron chi connectivity index (χ0n) is 16.4. The Bertz CT molecular complexity index is 877. The number of nitrogens with one attached hydrogen (secondary N) is 2. The first-order chi connectivity index (χ1) is 13.5. The van der Waals surface area contributed by atoms with Gasteiger partial charge in [-0.1, -0.05) is 44.2 Å². The monoisotopic (exact) mass is 387 g/mol. The van der Waals surface area contributed by atoms with E-state index < -0.39 is 18.0 Å². The van der Waals surface area contributed by atoms with E-state index in [1.54, 1.807) is 0 Å². The van der Waals surface area contributed by atoms with Crippen LogP contribution in [-0.4, -0.2) is 40.0 Å². The number of hydrogen-bond acceptors (Lipinski definition) is 5. The molecule has 0 spiro atoms. The summed E-state index contributed by atoms with van der Waals surface area (Å²) in [5, 5.41) is 13.7. The van der Waals surface area contributed by atoms with Gasteiger partial charge in [-0.05, 0) is 30.9 Å². The molecule has 28 heavy (non-hydrogen) atoms. The van der Waals surface area contributed by atoms with Gasteiger partial charge in [0.15, 0.2) is 0 Å². The number of H-pyrrole nitrogens is 1. The number of aromatic amines is 1. The second kappa shape index (κ2) is 9.32. The second-order valence-corrected chi connectivity index (χ2v) is 7.41. The number of aromatic nitrogens is 2. The Hall–Kier alpha value is -2.22. The average Bonchev–Trinajstić information content (AvgIpc) is 3.06. The number of aliphatic hydroxyl groups is 1. The summed E-state index contributed by atoms with van der Waals surface area (Å²) in [6.07, 6.45) is 1.75. The zero-order chi connectivity index (χ0) is 20.1. The van der Waals surface area contributed by atoms with E-state index in [4.69, 9.17) is 4.74 Å². The van der Waals surface area contributed by atoms with Crippen LogP contribution in [0.1, 0.15) is 50.0 Å². The SMILES string of the molecule is CCc1cn([C@@H]2CC(O)[C@H](CNCCC(C)c3ccccc3)O2)c(=O)[nH]c1=O. The fourth-order valence-electron chi connectivity index (χ4n) is 3.57. The molecule has 3 rings (SSSR count). The second-order valence-electron chi connectivity index (χ2n) is 7.41. The minimum Gasteiger partial charge on any atom is -0.390 e. The molecule has 1 fully saturated rings. The lowest BCUT2D eigenvalue weighted by atomic mass is 9.98. The zero-order valence-corrected chi connectivity index (χ0v) is 16.4. The molecule has 1 aliphatic rings. The largest absolute Gasteiger partial charge is 0.390 e. The van der Waals surface area contributed by atoms with Crippen LogP contribution in [0.3, 0.4) is 0 Å². The third-order valence-electron chi connectivity index (χ3n) is 5.41. The summed E-state index contributed by atoms with van der Waals surface area (Å²) in [6, 6.07) is 10.4. The van der Waals surface area contributed by atoms with Crippen LogP contribution in [0.25, 0.3) is 0 Å². The van der Waals surface area contributed by atoms with Crippen LogP contribution in [0, 0.1) is 0 Å². The van der Waals surface area contributed by atoms with Crippen molar-refractivity contribution in [3.8, 4) is 0 Å². The van der Waals surface area contributed by atoms with Crippen molar-refractivity contribution in [3.63, 3.8) is 0 Å². The van der Waals surface area contributed by atoms with E-state index in [-0.39, 0.29) is 11.7 Å². The molecule has 152 valence electrons. The molecule has 1 aromatic carbocycles. The van der Waals surface area contributed by atoms with Crippen molar-refractivity contribution in [1.29, 1.82) is 0 Å². The van der Waals surface area contributed by atoms with Crippen molar-refractivity contribution in [2.75, 3.05) is 13.1 Å². The summed E-state index contributed by atoms with van der Waals surface area (Å²) >= 11 is 0. The fourth-order valence-corrected chi connectivity index (χ4v) is 3.57. The highest BCUT2D eigenvalue weighted by atomic mass is 16.5. The topological polar surface area (TPSA) is 96.3 Å².